The topological polar surface area (TPSA) is 124 Å². The van der Waals surface area contributed by atoms with Crippen LogP contribution in [0.1, 0.15) is 0 Å². The first-order valence-electron chi connectivity index (χ1n) is 9.76. The number of amides is 1. The summed E-state index contributed by atoms with van der Waals surface area (Å²) in [6.07, 6.45) is -3.15. The summed E-state index contributed by atoms with van der Waals surface area (Å²) in [5, 5.41) is 13.1. The number of fused-ring (bicyclic) bond motifs is 3. The number of aliphatic hydroxyl groups is 1. The summed E-state index contributed by atoms with van der Waals surface area (Å²) in [5.74, 6) is 1.12. The number of benzene rings is 1. The van der Waals surface area contributed by atoms with Crippen LogP contribution in [-0.2, 0) is 16.0 Å². The summed E-state index contributed by atoms with van der Waals surface area (Å²) in [4.78, 5) is 17.4. The van der Waals surface area contributed by atoms with E-state index in [0.717, 1.165) is 4.90 Å². The number of nitrogens with two attached hydrogens (primary N) is 1. The molecule has 3 aliphatic heterocycles. The molecule has 0 bridgehead atoms. The third kappa shape index (κ3) is 3.27. The Morgan fingerprint density at radius 1 is 1.32 bits per heavy atom. The number of aromatic nitrogens is 2. The highest BCUT2D eigenvalue weighted by Crippen LogP contribution is 2.38. The summed E-state index contributed by atoms with van der Waals surface area (Å²) in [5.41, 5.74) is 6.23. The van der Waals surface area contributed by atoms with Crippen LogP contribution in [-0.4, -0.2) is 71.4 Å². The number of carbonyl (C=O) groups excluding carboxylic acids is 1. The van der Waals surface area contributed by atoms with E-state index in [9.17, 15) is 18.7 Å². The molecule has 0 spiro atoms. The maximum Gasteiger partial charge on any atom is 0.416 e. The molecule has 1 aromatic carbocycles. The number of hydrogen-bond donors (Lipinski definition) is 3. The third-order valence-electron chi connectivity index (χ3n) is 5.70. The Balaban J connectivity index is 1.47. The fourth-order valence-electron chi connectivity index (χ4n) is 3.87. The van der Waals surface area contributed by atoms with Gasteiger partial charge >= 0.3 is 6.09 Å². The van der Waals surface area contributed by atoms with Crippen molar-refractivity contribution in [3.63, 3.8) is 0 Å². The van der Waals surface area contributed by atoms with Gasteiger partial charge in [0.2, 0.25) is 0 Å². The Morgan fingerprint density at radius 3 is 2.81 bits per heavy atom. The van der Waals surface area contributed by atoms with Crippen molar-refractivity contribution in [2.24, 2.45) is 5.73 Å². The van der Waals surface area contributed by atoms with Crippen LogP contribution in [0.5, 0.6) is 5.75 Å². The molecule has 2 aromatic rings. The fraction of sp³-hybridized carbons (Fsp3) is 0.474. The molecule has 2 atom stereocenters. The Labute approximate surface area is 175 Å². The number of carbonyl (C=O) groups is 1. The molecule has 4 heterocycles. The van der Waals surface area contributed by atoms with E-state index in [0.29, 0.717) is 36.0 Å². The highest BCUT2D eigenvalue weighted by atomic mass is 19.3. The van der Waals surface area contributed by atoms with E-state index in [4.69, 9.17) is 19.9 Å². The van der Waals surface area contributed by atoms with Crippen molar-refractivity contribution < 1.29 is 32.9 Å². The quantitative estimate of drug-likeness (QED) is 0.592. The second kappa shape index (κ2) is 7.32. The zero-order valence-corrected chi connectivity index (χ0v) is 16.3. The molecule has 5 rings (SSSR count). The van der Waals surface area contributed by atoms with Crippen LogP contribution in [0.4, 0.5) is 25.1 Å². The zero-order chi connectivity index (χ0) is 21.8. The van der Waals surface area contributed by atoms with Gasteiger partial charge in [-0.05, 0) is 12.1 Å². The van der Waals surface area contributed by atoms with Gasteiger partial charge in [0.05, 0.1) is 25.3 Å². The Bertz CT molecular complexity index is 1010. The number of halogens is 2. The Hall–Kier alpha value is -2.96. The van der Waals surface area contributed by atoms with Crippen molar-refractivity contribution in [1.29, 1.82) is 0 Å². The molecule has 3 aliphatic rings. The molecule has 2 fully saturated rings. The predicted octanol–water partition coefficient (Wildman–Crippen LogP) is 0.991. The van der Waals surface area contributed by atoms with Gasteiger partial charge in [-0.1, -0.05) is 0 Å². The summed E-state index contributed by atoms with van der Waals surface area (Å²) in [6, 6.07) is 3.93. The smallest absolute Gasteiger partial charge is 0.416 e. The summed E-state index contributed by atoms with van der Waals surface area (Å²) in [7, 11) is 0. The van der Waals surface area contributed by atoms with Crippen LogP contribution >= 0.6 is 0 Å². The molecule has 0 saturated carbocycles. The van der Waals surface area contributed by atoms with Crippen LogP contribution in [0.3, 0.4) is 0 Å². The molecular weight excluding hydrogens is 416 g/mol. The number of hydrogen-bond acceptors (Lipinski definition) is 8. The maximum atomic E-state index is 13.3. The van der Waals surface area contributed by atoms with E-state index in [-0.39, 0.29) is 25.6 Å². The van der Waals surface area contributed by atoms with Crippen molar-refractivity contribution in [2.45, 2.75) is 30.8 Å². The molecule has 166 valence electrons. The first-order chi connectivity index (χ1) is 14.9. The summed E-state index contributed by atoms with van der Waals surface area (Å²) < 4.78 is 44.3. The molecule has 4 N–H and O–H groups in total. The number of anilines is 2. The maximum absolute atomic E-state index is 13.3. The zero-order valence-electron chi connectivity index (χ0n) is 16.3. The van der Waals surface area contributed by atoms with Crippen molar-refractivity contribution in [3.8, 4) is 17.1 Å². The monoisotopic (exact) mass is 437 g/mol. The van der Waals surface area contributed by atoms with Crippen LogP contribution in [0.25, 0.3) is 11.4 Å². The molecule has 31 heavy (non-hydrogen) atoms. The minimum atomic E-state index is -2.75. The van der Waals surface area contributed by atoms with Crippen molar-refractivity contribution in [3.05, 3.63) is 24.4 Å². The largest absolute Gasteiger partial charge is 0.491 e. The average molecular weight is 437 g/mol. The molecule has 10 nitrogen and oxygen atoms in total. The van der Waals surface area contributed by atoms with Gasteiger partial charge in [0.1, 0.15) is 42.6 Å². The van der Waals surface area contributed by atoms with Gasteiger partial charge in [-0.25, -0.2) is 23.5 Å². The fourth-order valence-corrected chi connectivity index (χ4v) is 3.87. The van der Waals surface area contributed by atoms with Gasteiger partial charge < -0.3 is 34.9 Å². The standard InChI is InChI=1S/C19H21F2N5O5/c20-15(21)12-7-31-18(28)26(12)14-6-25-3-4-30-13-5-10(1-2-11(13)16(25)23-14)24-19(17(22)27)8-29-9-19/h1-2,5-6,12,15,17,24,27H,3-4,7-9,22H2/t12-,17?/m0/s1. The number of imidazole rings is 1. The molecule has 1 amide bonds. The van der Waals surface area contributed by atoms with Crippen LogP contribution in [0, 0.1) is 0 Å². The highest BCUT2D eigenvalue weighted by molar-refractivity contribution is 5.89. The minimum Gasteiger partial charge on any atom is -0.491 e. The first-order valence-corrected chi connectivity index (χ1v) is 9.76. The number of nitrogens with zero attached hydrogens (tertiary/aromatic N) is 3. The normalized spacial score (nSPS) is 22.7. The Kier molecular flexibility index (Phi) is 4.72. The minimum absolute atomic E-state index is 0.106. The molecule has 0 radical (unpaired) electrons. The summed E-state index contributed by atoms with van der Waals surface area (Å²) in [6.45, 7) is 0.893. The van der Waals surface area contributed by atoms with Crippen LogP contribution < -0.4 is 20.7 Å². The van der Waals surface area contributed by atoms with Gasteiger partial charge in [-0.15, -0.1) is 0 Å². The van der Waals surface area contributed by atoms with Gasteiger partial charge in [0.15, 0.2) is 5.82 Å². The number of ether oxygens (including phenoxy) is 3. The van der Waals surface area contributed by atoms with E-state index in [1.54, 1.807) is 29.0 Å². The van der Waals surface area contributed by atoms with Crippen LogP contribution in [0.2, 0.25) is 0 Å². The number of nitrogens with one attached hydrogen (secondary N) is 1. The van der Waals surface area contributed by atoms with Crippen molar-refractivity contribution >= 4 is 17.6 Å². The molecule has 1 unspecified atom stereocenters. The van der Waals surface area contributed by atoms with Gasteiger partial charge in [-0.2, -0.15) is 0 Å². The van der Waals surface area contributed by atoms with Gasteiger partial charge in [-0.3, -0.25) is 0 Å². The lowest BCUT2D eigenvalue weighted by Gasteiger charge is -2.44. The van der Waals surface area contributed by atoms with E-state index in [1.807, 2.05) is 0 Å². The Morgan fingerprint density at radius 2 is 2.13 bits per heavy atom. The second-order valence-electron chi connectivity index (χ2n) is 7.74. The van der Waals surface area contributed by atoms with E-state index >= 15 is 0 Å². The molecule has 1 aromatic heterocycles. The van der Waals surface area contributed by atoms with Crippen molar-refractivity contribution in [2.75, 3.05) is 36.6 Å². The lowest BCUT2D eigenvalue weighted by molar-refractivity contribution is -0.0977. The molecular formula is C19H21F2N5O5. The van der Waals surface area contributed by atoms with Gasteiger partial charge in [0, 0.05) is 18.0 Å². The SMILES string of the molecule is NC(O)C1(Nc2ccc3c(c2)OCCn2cc(N4C(=O)OC[C@H]4C(F)F)nc2-3)COC1. The number of aliphatic hydroxyl groups excluding tert-OH is 1. The van der Waals surface area contributed by atoms with Gasteiger partial charge in [0.25, 0.3) is 6.43 Å². The lowest BCUT2D eigenvalue weighted by Crippen LogP contribution is -2.66. The predicted molar refractivity (Wildman–Crippen MR) is 104 cm³/mol. The first kappa shape index (κ1) is 20.0. The number of rotatable bonds is 5. The summed E-state index contributed by atoms with van der Waals surface area (Å²) >= 11 is 0. The van der Waals surface area contributed by atoms with E-state index < -0.39 is 30.3 Å². The van der Waals surface area contributed by atoms with Crippen molar-refractivity contribution in [1.82, 2.24) is 9.55 Å². The highest BCUT2D eigenvalue weighted by Gasteiger charge is 2.44. The second-order valence-corrected chi connectivity index (χ2v) is 7.74. The molecule has 12 heteroatoms. The van der Waals surface area contributed by atoms with Crippen LogP contribution in [0.15, 0.2) is 24.4 Å². The molecule has 0 aliphatic carbocycles. The number of cyclic esters (lactones) is 1. The molecule has 2 saturated heterocycles. The third-order valence-corrected chi connectivity index (χ3v) is 5.70. The van der Waals surface area contributed by atoms with E-state index in [1.165, 1.54) is 0 Å². The number of alkyl halides is 2. The average Bonchev–Trinajstić information content (AvgIpc) is 3.24. The lowest BCUT2D eigenvalue weighted by atomic mass is 9.94. The van der Waals surface area contributed by atoms with E-state index in [2.05, 4.69) is 10.3 Å².